The highest BCUT2D eigenvalue weighted by Crippen LogP contribution is 2.14. The molecule has 0 aromatic carbocycles. The second-order valence-electron chi connectivity index (χ2n) is 8.31. The van der Waals surface area contributed by atoms with E-state index in [1.807, 2.05) is 13.8 Å². The van der Waals surface area contributed by atoms with Crippen LogP contribution in [-0.2, 0) is 9.84 Å². The van der Waals surface area contributed by atoms with Gasteiger partial charge in [0.15, 0.2) is 9.84 Å². The molecule has 0 heterocycles. The Hall–Kier alpha value is -0.0500. The first kappa shape index (κ1) is 24.9. The van der Waals surface area contributed by atoms with Gasteiger partial charge >= 0.3 is 0 Å². The van der Waals surface area contributed by atoms with Gasteiger partial charge in [-0.25, -0.2) is 8.42 Å². The summed E-state index contributed by atoms with van der Waals surface area (Å²) < 4.78 is 23.6. The number of unbranched alkanes of at least 4 members (excludes halogenated alkanes) is 15. The molecule has 0 amide bonds. The van der Waals surface area contributed by atoms with Gasteiger partial charge in [0, 0.05) is 0 Å². The zero-order valence-corrected chi connectivity index (χ0v) is 18.3. The first-order chi connectivity index (χ1) is 12.0. The zero-order chi connectivity index (χ0) is 18.8. The predicted molar refractivity (Wildman–Crippen MR) is 113 cm³/mol. The van der Waals surface area contributed by atoms with Crippen molar-refractivity contribution in [3.05, 3.63) is 0 Å². The molecule has 0 bridgehead atoms. The third-order valence-electron chi connectivity index (χ3n) is 4.90. The van der Waals surface area contributed by atoms with Crippen molar-refractivity contribution in [2.24, 2.45) is 5.92 Å². The summed E-state index contributed by atoms with van der Waals surface area (Å²) in [7, 11) is -2.80. The van der Waals surface area contributed by atoms with E-state index in [0.717, 1.165) is 12.8 Å². The van der Waals surface area contributed by atoms with E-state index in [2.05, 4.69) is 6.92 Å². The van der Waals surface area contributed by atoms with E-state index in [0.29, 0.717) is 11.5 Å². The Morgan fingerprint density at radius 3 is 1.20 bits per heavy atom. The molecule has 0 aliphatic rings. The van der Waals surface area contributed by atoms with Crippen LogP contribution < -0.4 is 0 Å². The van der Waals surface area contributed by atoms with E-state index in [9.17, 15) is 8.42 Å². The van der Waals surface area contributed by atoms with Crippen LogP contribution in [0.4, 0.5) is 0 Å². The van der Waals surface area contributed by atoms with Crippen LogP contribution in [0.3, 0.4) is 0 Å². The Morgan fingerprint density at radius 2 is 0.880 bits per heavy atom. The third-order valence-corrected chi connectivity index (χ3v) is 6.98. The Balaban J connectivity index is 3.19. The molecule has 0 unspecified atom stereocenters. The fourth-order valence-corrected chi connectivity index (χ4v) is 5.29. The largest absolute Gasteiger partial charge is 0.229 e. The minimum absolute atomic E-state index is 0.256. The van der Waals surface area contributed by atoms with Gasteiger partial charge in [0.05, 0.1) is 11.5 Å². The molecule has 3 heteroatoms. The van der Waals surface area contributed by atoms with E-state index in [4.69, 9.17) is 0 Å². The summed E-state index contributed by atoms with van der Waals surface area (Å²) in [6, 6.07) is 0. The molecular formula is C22H46O2S. The second-order valence-corrected chi connectivity index (χ2v) is 10.5. The normalized spacial score (nSPS) is 12.2. The smallest absolute Gasteiger partial charge is 0.150 e. The maximum absolute atomic E-state index is 11.8. The van der Waals surface area contributed by atoms with Gasteiger partial charge in [0.2, 0.25) is 0 Å². The summed E-state index contributed by atoms with van der Waals surface area (Å²) in [6.07, 6.45) is 21.2. The zero-order valence-electron chi connectivity index (χ0n) is 17.5. The molecule has 0 saturated carbocycles. The van der Waals surface area contributed by atoms with Crippen LogP contribution >= 0.6 is 0 Å². The van der Waals surface area contributed by atoms with E-state index in [-0.39, 0.29) is 5.92 Å². The van der Waals surface area contributed by atoms with Crippen LogP contribution in [0, 0.1) is 5.92 Å². The fourth-order valence-electron chi connectivity index (χ4n) is 3.46. The van der Waals surface area contributed by atoms with Crippen molar-refractivity contribution in [3.63, 3.8) is 0 Å². The molecule has 0 aliphatic heterocycles. The van der Waals surface area contributed by atoms with Crippen LogP contribution in [0.1, 0.15) is 124 Å². The Labute approximate surface area is 159 Å². The summed E-state index contributed by atoms with van der Waals surface area (Å²) in [4.78, 5) is 0. The van der Waals surface area contributed by atoms with Gasteiger partial charge in [0.25, 0.3) is 0 Å². The lowest BCUT2D eigenvalue weighted by molar-refractivity contribution is 0.530. The molecule has 0 aromatic heterocycles. The monoisotopic (exact) mass is 374 g/mol. The molecule has 0 atom stereocenters. The van der Waals surface area contributed by atoms with Gasteiger partial charge < -0.3 is 0 Å². The number of rotatable bonds is 19. The van der Waals surface area contributed by atoms with Crippen LogP contribution in [0.25, 0.3) is 0 Å². The predicted octanol–water partition coefficient (Wildman–Crippen LogP) is 7.32. The lowest BCUT2D eigenvalue weighted by Gasteiger charge is -2.07. The summed E-state index contributed by atoms with van der Waals surface area (Å²) >= 11 is 0. The Morgan fingerprint density at radius 1 is 0.560 bits per heavy atom. The lowest BCUT2D eigenvalue weighted by atomic mass is 10.0. The molecule has 152 valence electrons. The highest BCUT2D eigenvalue weighted by Gasteiger charge is 2.12. The second kappa shape index (κ2) is 17.4. The average molecular weight is 375 g/mol. The van der Waals surface area contributed by atoms with Crippen molar-refractivity contribution < 1.29 is 8.42 Å². The molecule has 2 nitrogen and oxygen atoms in total. The molecule has 0 saturated heterocycles. The Kier molecular flexibility index (Phi) is 17.3. The summed E-state index contributed by atoms with van der Waals surface area (Å²) in [6.45, 7) is 6.23. The molecule has 0 aliphatic carbocycles. The molecule has 25 heavy (non-hydrogen) atoms. The average Bonchev–Trinajstić information content (AvgIpc) is 2.53. The molecule has 0 rings (SSSR count). The molecular weight excluding hydrogens is 328 g/mol. The minimum atomic E-state index is -2.80. The van der Waals surface area contributed by atoms with Crippen molar-refractivity contribution in [1.29, 1.82) is 0 Å². The van der Waals surface area contributed by atoms with Gasteiger partial charge in [-0.3, -0.25) is 0 Å². The summed E-state index contributed by atoms with van der Waals surface area (Å²) in [5, 5.41) is 0. The van der Waals surface area contributed by atoms with Gasteiger partial charge in [-0.05, 0) is 12.3 Å². The van der Waals surface area contributed by atoms with Gasteiger partial charge in [-0.2, -0.15) is 0 Å². The Bertz CT molecular complexity index is 360. The molecule has 0 fully saturated rings. The number of sulfone groups is 1. The summed E-state index contributed by atoms with van der Waals surface area (Å²) in [5.74, 6) is 1.00. The maximum atomic E-state index is 11.8. The minimum Gasteiger partial charge on any atom is -0.229 e. The highest BCUT2D eigenvalue weighted by atomic mass is 32.2. The van der Waals surface area contributed by atoms with Crippen molar-refractivity contribution in [1.82, 2.24) is 0 Å². The number of hydrogen-bond acceptors (Lipinski definition) is 2. The van der Waals surface area contributed by atoms with Crippen molar-refractivity contribution >= 4 is 9.84 Å². The summed E-state index contributed by atoms with van der Waals surface area (Å²) in [5.41, 5.74) is 0. The van der Waals surface area contributed by atoms with Gasteiger partial charge in [-0.1, -0.05) is 117 Å². The maximum Gasteiger partial charge on any atom is 0.150 e. The molecule has 0 radical (unpaired) electrons. The van der Waals surface area contributed by atoms with Gasteiger partial charge in [-0.15, -0.1) is 0 Å². The first-order valence-electron chi connectivity index (χ1n) is 11.2. The molecule has 0 N–H and O–H groups in total. The van der Waals surface area contributed by atoms with Crippen molar-refractivity contribution in [2.45, 2.75) is 124 Å². The third kappa shape index (κ3) is 20.1. The number of hydrogen-bond donors (Lipinski definition) is 0. The van der Waals surface area contributed by atoms with Crippen LogP contribution in [0.2, 0.25) is 0 Å². The highest BCUT2D eigenvalue weighted by molar-refractivity contribution is 7.91. The van der Waals surface area contributed by atoms with Crippen molar-refractivity contribution in [3.8, 4) is 0 Å². The van der Waals surface area contributed by atoms with E-state index in [1.165, 1.54) is 89.9 Å². The van der Waals surface area contributed by atoms with Crippen LogP contribution in [0.5, 0.6) is 0 Å². The molecule has 0 aromatic rings. The quantitative estimate of drug-likeness (QED) is 0.222. The van der Waals surface area contributed by atoms with Crippen LogP contribution in [0.15, 0.2) is 0 Å². The standard InChI is InChI=1S/C22H46O2S/c1-4-5-6-7-8-9-10-11-12-13-14-15-16-17-18-19-20-25(23,24)21-22(2)3/h22H,4-21H2,1-3H3. The van der Waals surface area contributed by atoms with Gasteiger partial charge in [0.1, 0.15) is 0 Å². The van der Waals surface area contributed by atoms with Crippen molar-refractivity contribution in [2.75, 3.05) is 11.5 Å². The molecule has 0 spiro atoms. The van der Waals surface area contributed by atoms with E-state index >= 15 is 0 Å². The van der Waals surface area contributed by atoms with Crippen LogP contribution in [-0.4, -0.2) is 19.9 Å². The van der Waals surface area contributed by atoms with E-state index < -0.39 is 9.84 Å². The first-order valence-corrected chi connectivity index (χ1v) is 13.0. The topological polar surface area (TPSA) is 34.1 Å². The van der Waals surface area contributed by atoms with E-state index in [1.54, 1.807) is 0 Å². The fraction of sp³-hybridized carbons (Fsp3) is 1.00. The SMILES string of the molecule is CCCCCCCCCCCCCCCCCCS(=O)(=O)CC(C)C. The lowest BCUT2D eigenvalue weighted by Crippen LogP contribution is -2.15.